The van der Waals surface area contributed by atoms with Crippen LogP contribution in [-0.4, -0.2) is 52.7 Å². The number of fused-ring (bicyclic) bond motifs is 2. The highest BCUT2D eigenvalue weighted by atomic mass is 35.5. The largest absolute Gasteiger partial charge is 0.390 e. The second kappa shape index (κ2) is 9.82. The Morgan fingerprint density at radius 3 is 2.42 bits per heavy atom. The van der Waals surface area contributed by atoms with E-state index in [1.165, 1.54) is 18.2 Å². The van der Waals surface area contributed by atoms with Gasteiger partial charge in [-0.15, -0.1) is 0 Å². The van der Waals surface area contributed by atoms with E-state index in [1.807, 2.05) is 6.92 Å². The fourth-order valence-corrected chi connectivity index (χ4v) is 8.84. The van der Waals surface area contributed by atoms with Crippen molar-refractivity contribution in [2.45, 2.75) is 67.0 Å². The van der Waals surface area contributed by atoms with Crippen LogP contribution in [0.4, 0.5) is 14.5 Å². The molecule has 2 aromatic rings. The second-order valence-electron chi connectivity index (χ2n) is 11.0. The lowest BCUT2D eigenvalue weighted by molar-refractivity contribution is -0.182. The van der Waals surface area contributed by atoms with Crippen molar-refractivity contribution in [3.8, 4) is 0 Å². The van der Waals surface area contributed by atoms with Gasteiger partial charge in [-0.25, -0.2) is 17.2 Å². The standard InChI is InChI=1S/C27H30ClF2NO6S/c1-13-8-16-10-18(12-19(13)27(16,35)25(33)24(32)14-2-3-14)38(36,37)23-9-15(4-6-20(23)28)26(34)31-17-5-7-21(29)22(30)11-17/h4-7,9,11,13-14,16,18-19,24-25,32-33,35H,2-3,8,10,12H2,1H3,(H,31,34)/t13-,16?,18+,19?,24-,25+,27+/m0/s1. The molecule has 5 rings (SSSR count). The molecule has 4 N–H and O–H groups in total. The predicted molar refractivity (Wildman–Crippen MR) is 136 cm³/mol. The van der Waals surface area contributed by atoms with E-state index in [2.05, 4.69) is 5.32 Å². The highest BCUT2D eigenvalue weighted by Crippen LogP contribution is 2.57. The van der Waals surface area contributed by atoms with E-state index in [1.54, 1.807) is 0 Å². The predicted octanol–water partition coefficient (Wildman–Crippen LogP) is 3.94. The Labute approximate surface area is 224 Å². The molecule has 206 valence electrons. The van der Waals surface area contributed by atoms with Gasteiger partial charge >= 0.3 is 0 Å². The zero-order valence-corrected chi connectivity index (χ0v) is 22.2. The molecule has 38 heavy (non-hydrogen) atoms. The van der Waals surface area contributed by atoms with Crippen molar-refractivity contribution in [3.63, 3.8) is 0 Å². The van der Waals surface area contributed by atoms with Gasteiger partial charge in [-0.1, -0.05) is 18.5 Å². The van der Waals surface area contributed by atoms with Crippen LogP contribution < -0.4 is 5.32 Å². The summed E-state index contributed by atoms with van der Waals surface area (Å²) in [7, 11) is -4.06. The number of sulfone groups is 1. The summed E-state index contributed by atoms with van der Waals surface area (Å²) in [6, 6.07) is 6.64. The molecule has 7 atom stereocenters. The number of hydrogen-bond donors (Lipinski definition) is 4. The molecule has 0 heterocycles. The van der Waals surface area contributed by atoms with Gasteiger partial charge in [-0.05, 0) is 86.1 Å². The number of aliphatic hydroxyl groups excluding tert-OH is 2. The fourth-order valence-electron chi connectivity index (χ4n) is 6.47. The molecule has 7 nitrogen and oxygen atoms in total. The molecule has 3 aliphatic rings. The van der Waals surface area contributed by atoms with Crippen molar-refractivity contribution in [2.24, 2.45) is 23.7 Å². The van der Waals surface area contributed by atoms with E-state index >= 15 is 0 Å². The molecule has 0 aliphatic heterocycles. The van der Waals surface area contributed by atoms with E-state index in [-0.39, 0.29) is 45.8 Å². The van der Waals surface area contributed by atoms with Gasteiger partial charge in [0.1, 0.15) is 6.10 Å². The van der Waals surface area contributed by atoms with E-state index in [9.17, 15) is 37.3 Å². The lowest BCUT2D eigenvalue weighted by Crippen LogP contribution is -2.60. The van der Waals surface area contributed by atoms with E-state index in [4.69, 9.17) is 11.6 Å². The average Bonchev–Trinajstić information content (AvgIpc) is 3.70. The van der Waals surface area contributed by atoms with E-state index in [0.717, 1.165) is 31.0 Å². The lowest BCUT2D eigenvalue weighted by Gasteiger charge is -2.47. The van der Waals surface area contributed by atoms with Crippen molar-refractivity contribution >= 4 is 33.0 Å². The van der Waals surface area contributed by atoms with Crippen molar-refractivity contribution < 1.29 is 37.3 Å². The minimum Gasteiger partial charge on any atom is -0.390 e. The molecule has 3 aliphatic carbocycles. The highest BCUT2D eigenvalue weighted by molar-refractivity contribution is 7.92. The van der Waals surface area contributed by atoms with E-state index in [0.29, 0.717) is 6.42 Å². The summed E-state index contributed by atoms with van der Waals surface area (Å²) in [6.45, 7) is 1.91. The molecular weight excluding hydrogens is 540 g/mol. The Morgan fingerprint density at radius 2 is 1.79 bits per heavy atom. The quantitative estimate of drug-likeness (QED) is 0.400. The topological polar surface area (TPSA) is 124 Å². The molecule has 1 amide bonds. The number of anilines is 1. The number of amides is 1. The highest BCUT2D eigenvalue weighted by Gasteiger charge is 2.63. The first kappa shape index (κ1) is 27.5. The summed E-state index contributed by atoms with van der Waals surface area (Å²) in [5, 5.41) is 34.6. The average molecular weight is 570 g/mol. The summed E-state index contributed by atoms with van der Waals surface area (Å²) in [6.07, 6.45) is -0.161. The zero-order valence-electron chi connectivity index (χ0n) is 20.6. The zero-order chi connectivity index (χ0) is 27.6. The van der Waals surface area contributed by atoms with Crippen LogP contribution in [-0.2, 0) is 9.84 Å². The van der Waals surface area contributed by atoms with Crippen molar-refractivity contribution in [1.82, 2.24) is 0 Å². The Balaban J connectivity index is 1.39. The monoisotopic (exact) mass is 569 g/mol. The summed E-state index contributed by atoms with van der Waals surface area (Å²) >= 11 is 6.29. The van der Waals surface area contributed by atoms with Crippen LogP contribution in [0, 0.1) is 35.3 Å². The van der Waals surface area contributed by atoms with Crippen LogP contribution in [0.15, 0.2) is 41.3 Å². The van der Waals surface area contributed by atoms with Crippen LogP contribution in [0.3, 0.4) is 0 Å². The first-order valence-electron chi connectivity index (χ1n) is 12.7. The van der Waals surface area contributed by atoms with Gasteiger partial charge in [0.05, 0.1) is 26.9 Å². The molecule has 11 heteroatoms. The van der Waals surface area contributed by atoms with Gasteiger partial charge in [-0.2, -0.15) is 0 Å². The normalized spacial score (nSPS) is 30.6. The van der Waals surface area contributed by atoms with Crippen LogP contribution in [0.1, 0.15) is 49.4 Å². The molecule has 0 radical (unpaired) electrons. The molecule has 0 saturated heterocycles. The number of nitrogens with one attached hydrogen (secondary N) is 1. The molecule has 0 spiro atoms. The summed E-state index contributed by atoms with van der Waals surface area (Å²) < 4.78 is 54.3. The van der Waals surface area contributed by atoms with Gasteiger partial charge in [0.15, 0.2) is 21.5 Å². The maximum Gasteiger partial charge on any atom is 0.255 e. The fraction of sp³-hybridized carbons (Fsp3) is 0.519. The third kappa shape index (κ3) is 4.64. The summed E-state index contributed by atoms with van der Waals surface area (Å²) in [5.74, 6) is -4.12. The maximum absolute atomic E-state index is 13.8. The Kier molecular flexibility index (Phi) is 7.09. The van der Waals surface area contributed by atoms with Crippen LogP contribution in [0.5, 0.6) is 0 Å². The summed E-state index contributed by atoms with van der Waals surface area (Å²) in [4.78, 5) is 12.5. The Bertz CT molecular complexity index is 1370. The smallest absolute Gasteiger partial charge is 0.255 e. The third-order valence-electron chi connectivity index (χ3n) is 8.67. The SMILES string of the molecule is C[C@H]1CC2C[C@@H](S(=O)(=O)c3cc(C(=O)Nc4ccc(F)c(F)c4)ccc3Cl)CC1[C@@]2(O)[C@H](O)[C@@H](O)C1CC1. The van der Waals surface area contributed by atoms with Gasteiger partial charge in [-0.3, -0.25) is 4.79 Å². The second-order valence-corrected chi connectivity index (χ2v) is 13.6. The number of rotatable bonds is 7. The molecule has 0 aromatic heterocycles. The number of carbonyl (C=O) groups is 1. The number of halogens is 3. The van der Waals surface area contributed by atoms with Crippen LogP contribution >= 0.6 is 11.6 Å². The van der Waals surface area contributed by atoms with E-state index < -0.39 is 62.3 Å². The van der Waals surface area contributed by atoms with Crippen molar-refractivity contribution in [1.29, 1.82) is 0 Å². The molecule has 2 bridgehead atoms. The molecule has 2 aromatic carbocycles. The molecule has 2 unspecified atom stereocenters. The number of hydrogen-bond acceptors (Lipinski definition) is 6. The number of benzene rings is 2. The minimum atomic E-state index is -4.06. The van der Waals surface area contributed by atoms with Crippen molar-refractivity contribution in [2.75, 3.05) is 5.32 Å². The number of aliphatic hydroxyl groups is 3. The van der Waals surface area contributed by atoms with Gasteiger partial charge in [0, 0.05) is 17.3 Å². The lowest BCUT2D eigenvalue weighted by atomic mass is 9.68. The van der Waals surface area contributed by atoms with Gasteiger partial charge < -0.3 is 20.6 Å². The minimum absolute atomic E-state index is 0.00247. The number of carbonyl (C=O) groups excluding carboxylic acids is 1. The first-order chi connectivity index (χ1) is 17.8. The summed E-state index contributed by atoms with van der Waals surface area (Å²) in [5.41, 5.74) is -1.62. The first-order valence-corrected chi connectivity index (χ1v) is 14.6. The molecule has 3 fully saturated rings. The van der Waals surface area contributed by atoms with Gasteiger partial charge in [0.25, 0.3) is 5.91 Å². The third-order valence-corrected chi connectivity index (χ3v) is 11.3. The van der Waals surface area contributed by atoms with Gasteiger partial charge in [0.2, 0.25) is 0 Å². The van der Waals surface area contributed by atoms with Crippen LogP contribution in [0.25, 0.3) is 0 Å². The van der Waals surface area contributed by atoms with Crippen molar-refractivity contribution in [3.05, 3.63) is 58.6 Å². The molecule has 3 saturated carbocycles. The Morgan fingerprint density at radius 1 is 1.08 bits per heavy atom. The molecular formula is C27H30ClF2NO6S. The Hall–Kier alpha value is -2.11. The maximum atomic E-state index is 13.8. The van der Waals surface area contributed by atoms with Crippen LogP contribution in [0.2, 0.25) is 5.02 Å².